The van der Waals surface area contributed by atoms with Gasteiger partial charge in [0.05, 0.1) is 19.3 Å². The van der Waals surface area contributed by atoms with Gasteiger partial charge < -0.3 is 13.9 Å². The molecular formula is C18H25FNO4P. The van der Waals surface area contributed by atoms with Gasteiger partial charge in [0.15, 0.2) is 0 Å². The number of rotatable bonds is 6. The molecule has 3 atom stereocenters. The highest BCUT2D eigenvalue weighted by Gasteiger charge is 2.53. The van der Waals surface area contributed by atoms with Gasteiger partial charge in [-0.05, 0) is 57.2 Å². The summed E-state index contributed by atoms with van der Waals surface area (Å²) in [5, 5.41) is 0. The van der Waals surface area contributed by atoms with Crippen molar-refractivity contribution < 1.29 is 22.8 Å². The Balaban J connectivity index is 1.88. The summed E-state index contributed by atoms with van der Waals surface area (Å²) in [6, 6.07) is 6.23. The van der Waals surface area contributed by atoms with Crippen LogP contribution in [-0.4, -0.2) is 35.7 Å². The van der Waals surface area contributed by atoms with Crippen LogP contribution in [0.3, 0.4) is 0 Å². The van der Waals surface area contributed by atoms with Gasteiger partial charge in [0.25, 0.3) is 0 Å². The Labute approximate surface area is 148 Å². The maximum atomic E-state index is 13.2. The van der Waals surface area contributed by atoms with E-state index in [1.54, 1.807) is 26.0 Å². The van der Waals surface area contributed by atoms with Crippen LogP contribution in [0.2, 0.25) is 0 Å². The summed E-state index contributed by atoms with van der Waals surface area (Å²) in [5.74, 6) is -0.455. The molecule has 1 amide bonds. The quantitative estimate of drug-likeness (QED) is 0.702. The highest BCUT2D eigenvalue weighted by molar-refractivity contribution is 7.55. The van der Waals surface area contributed by atoms with Crippen molar-refractivity contribution in [2.75, 3.05) is 13.2 Å². The maximum Gasteiger partial charge on any atom is 0.343 e. The molecule has 0 spiro atoms. The van der Waals surface area contributed by atoms with Crippen LogP contribution < -0.4 is 0 Å². The van der Waals surface area contributed by atoms with E-state index in [9.17, 15) is 13.8 Å². The lowest BCUT2D eigenvalue weighted by Crippen LogP contribution is -2.41. The van der Waals surface area contributed by atoms with E-state index in [1.165, 1.54) is 12.1 Å². The molecule has 2 fully saturated rings. The van der Waals surface area contributed by atoms with E-state index in [4.69, 9.17) is 9.05 Å². The second kappa shape index (κ2) is 7.56. The molecule has 2 aliphatic rings. The third-order valence-electron chi connectivity index (χ3n) is 5.03. The number of carbonyl (C=O) groups excluding carboxylic acids is 1. The number of hydrogen-bond acceptors (Lipinski definition) is 4. The molecule has 0 saturated carbocycles. The topological polar surface area (TPSA) is 55.8 Å². The SMILES string of the molecule is CCOP(=O)(OCC)C1C[C@@H]2CCC[C@@H](c3ccc(F)cc3)N2C1=O. The van der Waals surface area contributed by atoms with E-state index >= 15 is 0 Å². The first-order chi connectivity index (χ1) is 12.0. The summed E-state index contributed by atoms with van der Waals surface area (Å²) < 4.78 is 37.2. The standard InChI is InChI=1S/C18H25FNO4P/c1-3-23-25(22,24-4-2)17-12-15-6-5-7-16(20(15)18(17)21)13-8-10-14(19)11-9-13/h8-11,15-17H,3-7,12H2,1-2H3/t15-,16-,17?/m0/s1. The minimum Gasteiger partial charge on any atom is -0.332 e. The van der Waals surface area contributed by atoms with Crippen LogP contribution in [0.4, 0.5) is 4.39 Å². The van der Waals surface area contributed by atoms with E-state index in [1.807, 2.05) is 4.90 Å². The van der Waals surface area contributed by atoms with Crippen LogP contribution in [-0.2, 0) is 18.4 Å². The number of fused-ring (bicyclic) bond motifs is 1. The molecule has 1 aromatic rings. The minimum absolute atomic E-state index is 0.0375. The smallest absolute Gasteiger partial charge is 0.332 e. The molecule has 0 N–H and O–H groups in total. The van der Waals surface area contributed by atoms with Gasteiger partial charge in [0.1, 0.15) is 11.5 Å². The Morgan fingerprint density at radius 1 is 1.16 bits per heavy atom. The van der Waals surface area contributed by atoms with E-state index in [2.05, 4.69) is 0 Å². The van der Waals surface area contributed by atoms with Crippen molar-refractivity contribution in [3.05, 3.63) is 35.6 Å². The molecule has 1 unspecified atom stereocenters. The zero-order valence-electron chi connectivity index (χ0n) is 14.7. The fourth-order valence-corrected chi connectivity index (χ4v) is 6.09. The lowest BCUT2D eigenvalue weighted by atomic mass is 9.92. The first kappa shape index (κ1) is 18.6. The third-order valence-corrected chi connectivity index (χ3v) is 7.46. The molecule has 0 aliphatic carbocycles. The van der Waals surface area contributed by atoms with Crippen molar-refractivity contribution in [1.82, 2.24) is 4.90 Å². The molecule has 25 heavy (non-hydrogen) atoms. The minimum atomic E-state index is -3.47. The number of benzene rings is 1. The van der Waals surface area contributed by atoms with Crippen molar-refractivity contribution in [2.24, 2.45) is 0 Å². The van der Waals surface area contributed by atoms with Crippen molar-refractivity contribution in [3.8, 4) is 0 Å². The molecule has 7 heteroatoms. The van der Waals surface area contributed by atoms with Crippen LogP contribution >= 0.6 is 7.60 Å². The molecule has 0 radical (unpaired) electrons. The van der Waals surface area contributed by atoms with E-state index < -0.39 is 13.3 Å². The monoisotopic (exact) mass is 369 g/mol. The van der Waals surface area contributed by atoms with Crippen LogP contribution in [0.5, 0.6) is 0 Å². The fraction of sp³-hybridized carbons (Fsp3) is 0.611. The van der Waals surface area contributed by atoms with Crippen LogP contribution in [0.25, 0.3) is 0 Å². The molecule has 0 aromatic heterocycles. The highest BCUT2D eigenvalue weighted by atomic mass is 31.2. The van der Waals surface area contributed by atoms with Gasteiger partial charge in [0.2, 0.25) is 5.91 Å². The molecule has 3 rings (SSSR count). The second-order valence-electron chi connectivity index (χ2n) is 6.52. The summed E-state index contributed by atoms with van der Waals surface area (Å²) in [7, 11) is -3.47. The normalized spacial score (nSPS) is 26.8. The Morgan fingerprint density at radius 2 is 1.80 bits per heavy atom. The van der Waals surface area contributed by atoms with E-state index in [0.29, 0.717) is 6.42 Å². The fourth-order valence-electron chi connectivity index (χ4n) is 4.03. The summed E-state index contributed by atoms with van der Waals surface area (Å²) in [5.41, 5.74) is 0.182. The first-order valence-corrected chi connectivity index (χ1v) is 10.6. The van der Waals surface area contributed by atoms with Crippen LogP contribution in [0.15, 0.2) is 24.3 Å². The van der Waals surface area contributed by atoms with Gasteiger partial charge in [-0.15, -0.1) is 0 Å². The number of nitrogens with zero attached hydrogens (tertiary/aromatic N) is 1. The zero-order valence-corrected chi connectivity index (χ0v) is 15.6. The Morgan fingerprint density at radius 3 is 2.40 bits per heavy atom. The molecule has 5 nitrogen and oxygen atoms in total. The average Bonchev–Trinajstić information content (AvgIpc) is 2.94. The van der Waals surface area contributed by atoms with Gasteiger partial charge in [-0.1, -0.05) is 12.1 Å². The van der Waals surface area contributed by atoms with Crippen LogP contribution in [0, 0.1) is 5.82 Å². The number of hydrogen-bond donors (Lipinski definition) is 0. The first-order valence-electron chi connectivity index (χ1n) is 8.96. The van der Waals surface area contributed by atoms with Gasteiger partial charge in [-0.3, -0.25) is 9.36 Å². The van der Waals surface area contributed by atoms with Gasteiger partial charge in [-0.2, -0.15) is 0 Å². The molecule has 2 aliphatic heterocycles. The second-order valence-corrected chi connectivity index (χ2v) is 8.74. The molecular weight excluding hydrogens is 344 g/mol. The molecule has 0 bridgehead atoms. The van der Waals surface area contributed by atoms with E-state index in [0.717, 1.165) is 24.8 Å². The predicted octanol–water partition coefficient (Wildman–Crippen LogP) is 4.29. The zero-order chi connectivity index (χ0) is 18.0. The molecule has 138 valence electrons. The molecule has 1 aromatic carbocycles. The van der Waals surface area contributed by atoms with Gasteiger partial charge in [-0.25, -0.2) is 4.39 Å². The lowest BCUT2D eigenvalue weighted by molar-refractivity contribution is -0.132. The predicted molar refractivity (Wildman–Crippen MR) is 92.9 cm³/mol. The number of piperidine rings is 1. The van der Waals surface area contributed by atoms with Crippen molar-refractivity contribution in [1.29, 1.82) is 0 Å². The molecule has 2 saturated heterocycles. The van der Waals surface area contributed by atoms with Gasteiger partial charge in [0, 0.05) is 6.04 Å². The van der Waals surface area contributed by atoms with Crippen molar-refractivity contribution in [2.45, 2.75) is 57.3 Å². The van der Waals surface area contributed by atoms with Gasteiger partial charge >= 0.3 is 7.60 Å². The average molecular weight is 369 g/mol. The lowest BCUT2D eigenvalue weighted by Gasteiger charge is -2.38. The summed E-state index contributed by atoms with van der Waals surface area (Å²) in [6.45, 7) is 3.99. The van der Waals surface area contributed by atoms with Crippen molar-refractivity contribution >= 4 is 13.5 Å². The number of amides is 1. The summed E-state index contributed by atoms with van der Waals surface area (Å²) in [6.07, 6.45) is 3.19. The third kappa shape index (κ3) is 3.53. The maximum absolute atomic E-state index is 13.2. The summed E-state index contributed by atoms with van der Waals surface area (Å²) in [4.78, 5) is 14.9. The van der Waals surface area contributed by atoms with E-state index in [-0.39, 0.29) is 37.0 Å². The van der Waals surface area contributed by atoms with Crippen molar-refractivity contribution in [3.63, 3.8) is 0 Å². The number of halogens is 1. The number of carbonyl (C=O) groups is 1. The highest BCUT2D eigenvalue weighted by Crippen LogP contribution is 2.59. The largest absolute Gasteiger partial charge is 0.343 e. The Hall–Kier alpha value is -1.23. The summed E-state index contributed by atoms with van der Waals surface area (Å²) >= 11 is 0. The van der Waals surface area contributed by atoms with Crippen LogP contribution in [0.1, 0.15) is 51.1 Å². The Kier molecular flexibility index (Phi) is 5.62. The molecule has 2 heterocycles. The Bertz CT molecular complexity index is 656.